The van der Waals surface area contributed by atoms with E-state index in [0.29, 0.717) is 18.5 Å². The van der Waals surface area contributed by atoms with Crippen LogP contribution in [0.4, 0.5) is 4.39 Å². The number of nitrogens with zero attached hydrogens (tertiary/aromatic N) is 3. The molecule has 5 rings (SSSR count). The molecule has 2 unspecified atom stereocenters. The second-order valence-electron chi connectivity index (χ2n) is 8.91. The van der Waals surface area contributed by atoms with E-state index < -0.39 is 10.0 Å². The van der Waals surface area contributed by atoms with E-state index in [1.807, 2.05) is 31.4 Å². The van der Waals surface area contributed by atoms with Crippen molar-refractivity contribution in [2.24, 2.45) is 7.05 Å². The van der Waals surface area contributed by atoms with Crippen LogP contribution in [0, 0.1) is 5.82 Å². The van der Waals surface area contributed by atoms with Crippen LogP contribution in [-0.2, 0) is 36.5 Å². The molecule has 0 spiro atoms. The molecule has 0 amide bonds. The maximum Gasteiger partial charge on any atom is 0.209 e. The minimum atomic E-state index is -3.22. The maximum atomic E-state index is 13.7. The lowest BCUT2D eigenvalue weighted by molar-refractivity contribution is 0.106. The van der Waals surface area contributed by atoms with Crippen LogP contribution in [0.2, 0.25) is 0 Å². The van der Waals surface area contributed by atoms with Crippen molar-refractivity contribution in [2.45, 2.75) is 37.8 Å². The Kier molecular flexibility index (Phi) is 7.26. The van der Waals surface area contributed by atoms with Crippen LogP contribution >= 0.6 is 0 Å². The summed E-state index contributed by atoms with van der Waals surface area (Å²) in [5, 5.41) is 3.83. The first-order valence-electron chi connectivity index (χ1n) is 11.3. The SMILES string of the molecule is CS(=O)(=O)NCc1ccc2c(c1)C(Cc1cccc(F)c1)C(N1CCC1)C2.Cn1cccn1. The van der Waals surface area contributed by atoms with Crippen molar-refractivity contribution in [1.29, 1.82) is 0 Å². The van der Waals surface area contributed by atoms with Gasteiger partial charge >= 0.3 is 0 Å². The number of benzene rings is 2. The van der Waals surface area contributed by atoms with Gasteiger partial charge in [0.1, 0.15) is 5.82 Å². The molecule has 0 bridgehead atoms. The predicted octanol–water partition coefficient (Wildman–Crippen LogP) is 3.25. The molecule has 2 aliphatic rings. The molecule has 1 saturated heterocycles. The topological polar surface area (TPSA) is 67.2 Å². The standard InChI is InChI=1S/C21H25FN2O2S.C4H6N2/c1-27(25,26)23-14-16-6-7-17-13-21(24-8-3-9-24)20(19(17)12-16)11-15-4-2-5-18(22)10-15;1-6-4-2-3-5-6/h2,4-7,10,12,20-21,23H,3,8-9,11,13-14H2,1H3;2-4H,1H3. The molecule has 2 aromatic carbocycles. The highest BCUT2D eigenvalue weighted by Crippen LogP contribution is 2.40. The van der Waals surface area contributed by atoms with E-state index in [4.69, 9.17) is 0 Å². The second kappa shape index (κ2) is 10.2. The fourth-order valence-corrected chi connectivity index (χ4v) is 5.07. The molecular weight excluding hydrogens is 439 g/mol. The Bertz CT molecular complexity index is 1180. The summed E-state index contributed by atoms with van der Waals surface area (Å²) in [6.07, 6.45) is 7.86. The average molecular weight is 471 g/mol. The highest BCUT2D eigenvalue weighted by Gasteiger charge is 2.38. The van der Waals surface area contributed by atoms with Gasteiger partial charge in [-0.15, -0.1) is 0 Å². The summed E-state index contributed by atoms with van der Waals surface area (Å²) in [6.45, 7) is 2.55. The van der Waals surface area contributed by atoms with Crippen LogP contribution in [-0.4, -0.2) is 48.5 Å². The van der Waals surface area contributed by atoms with Crippen molar-refractivity contribution < 1.29 is 12.8 Å². The van der Waals surface area contributed by atoms with E-state index in [9.17, 15) is 12.8 Å². The molecular formula is C25H31FN4O2S. The van der Waals surface area contributed by atoms with E-state index in [1.54, 1.807) is 23.0 Å². The zero-order valence-corrected chi connectivity index (χ0v) is 19.9. The summed E-state index contributed by atoms with van der Waals surface area (Å²) in [7, 11) is -1.33. The third-order valence-electron chi connectivity index (χ3n) is 6.38. The Morgan fingerprint density at radius 2 is 1.94 bits per heavy atom. The minimum Gasteiger partial charge on any atom is -0.299 e. The van der Waals surface area contributed by atoms with Gasteiger partial charge in [-0.25, -0.2) is 17.5 Å². The first kappa shape index (κ1) is 23.6. The van der Waals surface area contributed by atoms with Crippen LogP contribution in [0.3, 0.4) is 0 Å². The summed E-state index contributed by atoms with van der Waals surface area (Å²) in [6, 6.07) is 15.5. The maximum absolute atomic E-state index is 13.7. The second-order valence-corrected chi connectivity index (χ2v) is 10.7. The molecule has 2 heterocycles. The van der Waals surface area contributed by atoms with Crippen molar-refractivity contribution in [2.75, 3.05) is 19.3 Å². The molecule has 33 heavy (non-hydrogen) atoms. The molecule has 1 aliphatic heterocycles. The number of rotatable bonds is 6. The van der Waals surface area contributed by atoms with Gasteiger partial charge in [-0.2, -0.15) is 5.10 Å². The van der Waals surface area contributed by atoms with Gasteiger partial charge in [0.2, 0.25) is 10.0 Å². The molecule has 176 valence electrons. The molecule has 0 saturated carbocycles. The molecule has 0 radical (unpaired) electrons. The van der Waals surface area contributed by atoms with Gasteiger partial charge < -0.3 is 0 Å². The van der Waals surface area contributed by atoms with Gasteiger partial charge in [0.25, 0.3) is 0 Å². The van der Waals surface area contributed by atoms with Gasteiger partial charge in [0.05, 0.1) is 6.26 Å². The fraction of sp³-hybridized carbons (Fsp3) is 0.400. The number of fused-ring (bicyclic) bond motifs is 1. The quantitative estimate of drug-likeness (QED) is 0.601. The lowest BCUT2D eigenvalue weighted by atomic mass is 9.88. The summed E-state index contributed by atoms with van der Waals surface area (Å²) in [4.78, 5) is 2.53. The van der Waals surface area contributed by atoms with Crippen LogP contribution < -0.4 is 4.72 Å². The summed E-state index contributed by atoms with van der Waals surface area (Å²) < 4.78 is 40.8. The summed E-state index contributed by atoms with van der Waals surface area (Å²) >= 11 is 0. The molecule has 3 aromatic rings. The normalized spacial score (nSPS) is 20.0. The Morgan fingerprint density at radius 3 is 2.52 bits per heavy atom. The van der Waals surface area contributed by atoms with Crippen molar-refractivity contribution in [3.05, 3.63) is 89.0 Å². The van der Waals surface area contributed by atoms with Crippen molar-refractivity contribution in [3.63, 3.8) is 0 Å². The van der Waals surface area contributed by atoms with Crippen molar-refractivity contribution in [1.82, 2.24) is 19.4 Å². The first-order valence-corrected chi connectivity index (χ1v) is 13.2. The van der Waals surface area contributed by atoms with Gasteiger partial charge in [-0.1, -0.05) is 30.3 Å². The zero-order chi connectivity index (χ0) is 23.4. The molecule has 1 aromatic heterocycles. The molecule has 8 heteroatoms. The molecule has 6 nitrogen and oxygen atoms in total. The van der Waals surface area contributed by atoms with Gasteiger partial charge in [0, 0.05) is 37.9 Å². The van der Waals surface area contributed by atoms with E-state index in [0.717, 1.165) is 37.1 Å². The van der Waals surface area contributed by atoms with Crippen LogP contribution in [0.5, 0.6) is 0 Å². The largest absolute Gasteiger partial charge is 0.299 e. The lowest BCUT2D eigenvalue weighted by Crippen LogP contribution is -2.47. The van der Waals surface area contributed by atoms with Crippen LogP contribution in [0.15, 0.2) is 60.9 Å². The van der Waals surface area contributed by atoms with E-state index in [1.165, 1.54) is 29.9 Å². The van der Waals surface area contributed by atoms with Gasteiger partial charge in [-0.05, 0) is 72.8 Å². The monoisotopic (exact) mass is 470 g/mol. The lowest BCUT2D eigenvalue weighted by Gasteiger charge is -2.39. The smallest absolute Gasteiger partial charge is 0.209 e. The Balaban J connectivity index is 0.000000376. The van der Waals surface area contributed by atoms with Crippen molar-refractivity contribution in [3.8, 4) is 0 Å². The van der Waals surface area contributed by atoms with E-state index >= 15 is 0 Å². The van der Waals surface area contributed by atoms with E-state index in [-0.39, 0.29) is 5.82 Å². The van der Waals surface area contributed by atoms with Gasteiger partial charge in [-0.3, -0.25) is 9.58 Å². The number of nitrogens with one attached hydrogen (secondary N) is 1. The average Bonchev–Trinajstić information content (AvgIpc) is 3.32. The Hall–Kier alpha value is -2.55. The molecule has 1 aliphatic carbocycles. The number of hydrogen-bond donors (Lipinski definition) is 1. The zero-order valence-electron chi connectivity index (χ0n) is 19.1. The molecule has 2 atom stereocenters. The fourth-order valence-electron chi connectivity index (χ4n) is 4.64. The third-order valence-corrected chi connectivity index (χ3v) is 7.05. The number of halogens is 1. The summed E-state index contributed by atoms with van der Waals surface area (Å²) in [5.41, 5.74) is 4.59. The molecule has 1 fully saturated rings. The Morgan fingerprint density at radius 1 is 1.12 bits per heavy atom. The van der Waals surface area contributed by atoms with Gasteiger partial charge in [0.15, 0.2) is 0 Å². The minimum absolute atomic E-state index is 0.197. The highest BCUT2D eigenvalue weighted by molar-refractivity contribution is 7.88. The number of likely N-dealkylation sites (tertiary alicyclic amines) is 1. The Labute approximate surface area is 195 Å². The van der Waals surface area contributed by atoms with Crippen molar-refractivity contribution >= 4 is 10.0 Å². The predicted molar refractivity (Wildman–Crippen MR) is 128 cm³/mol. The number of hydrogen-bond acceptors (Lipinski definition) is 4. The summed E-state index contributed by atoms with van der Waals surface area (Å²) in [5.74, 6) is 0.109. The number of aromatic nitrogens is 2. The highest BCUT2D eigenvalue weighted by atomic mass is 32.2. The van der Waals surface area contributed by atoms with Crippen LogP contribution in [0.25, 0.3) is 0 Å². The number of aryl methyl sites for hydroxylation is 1. The van der Waals surface area contributed by atoms with E-state index in [2.05, 4.69) is 26.9 Å². The third kappa shape index (κ3) is 6.28. The number of sulfonamides is 1. The molecule has 1 N–H and O–H groups in total. The first-order chi connectivity index (χ1) is 15.8. The van der Waals surface area contributed by atoms with Crippen LogP contribution in [0.1, 0.15) is 34.6 Å².